The van der Waals surface area contributed by atoms with Crippen LogP contribution in [0.4, 0.5) is 0 Å². The zero-order valence-electron chi connectivity index (χ0n) is 10.4. The topological polar surface area (TPSA) is 26.0 Å². The maximum atomic E-state index is 6.70. The lowest BCUT2D eigenvalue weighted by molar-refractivity contribution is 0.0400. The van der Waals surface area contributed by atoms with Gasteiger partial charge in [-0.15, -0.1) is 0 Å². The molecule has 1 heteroatoms. The molecular weight excluding hydrogens is 170 g/mol. The van der Waals surface area contributed by atoms with Crippen molar-refractivity contribution in [1.82, 2.24) is 0 Å². The van der Waals surface area contributed by atoms with Crippen molar-refractivity contribution in [1.29, 1.82) is 0 Å². The third-order valence-electron chi connectivity index (χ3n) is 4.62. The van der Waals surface area contributed by atoms with Crippen LogP contribution in [-0.2, 0) is 0 Å². The first-order valence-corrected chi connectivity index (χ1v) is 6.27. The SMILES string of the molecule is CCC(CC)C1(N)CCCCC1(C)C. The normalized spacial score (nSPS) is 32.1. The first-order chi connectivity index (χ1) is 6.48. The molecule has 2 N–H and O–H groups in total. The Kier molecular flexibility index (Phi) is 3.63. The molecule has 0 bridgehead atoms. The zero-order valence-corrected chi connectivity index (χ0v) is 10.4. The van der Waals surface area contributed by atoms with Crippen LogP contribution in [0.15, 0.2) is 0 Å². The molecule has 1 rings (SSSR count). The average molecular weight is 197 g/mol. The molecule has 1 aliphatic carbocycles. The summed E-state index contributed by atoms with van der Waals surface area (Å²) in [4.78, 5) is 0. The largest absolute Gasteiger partial charge is 0.324 e. The number of nitrogens with two attached hydrogens (primary N) is 1. The Balaban J connectivity index is 2.87. The summed E-state index contributed by atoms with van der Waals surface area (Å²) in [6.45, 7) is 9.30. The zero-order chi connectivity index (χ0) is 10.8. The van der Waals surface area contributed by atoms with Crippen LogP contribution in [0.1, 0.15) is 66.2 Å². The second-order valence-electron chi connectivity index (χ2n) is 5.64. The van der Waals surface area contributed by atoms with E-state index in [2.05, 4.69) is 27.7 Å². The van der Waals surface area contributed by atoms with Gasteiger partial charge in [0.25, 0.3) is 0 Å². The minimum atomic E-state index is 0.0920. The minimum Gasteiger partial charge on any atom is -0.324 e. The highest BCUT2D eigenvalue weighted by Gasteiger charge is 2.47. The van der Waals surface area contributed by atoms with E-state index in [0.29, 0.717) is 11.3 Å². The van der Waals surface area contributed by atoms with E-state index in [4.69, 9.17) is 5.73 Å². The lowest BCUT2D eigenvalue weighted by Gasteiger charge is -2.52. The number of hydrogen-bond donors (Lipinski definition) is 1. The van der Waals surface area contributed by atoms with Crippen LogP contribution >= 0.6 is 0 Å². The Labute approximate surface area is 89.5 Å². The summed E-state index contributed by atoms with van der Waals surface area (Å²) in [7, 11) is 0. The Morgan fingerprint density at radius 3 is 2.00 bits per heavy atom. The second-order valence-corrected chi connectivity index (χ2v) is 5.64. The predicted octanol–water partition coefficient (Wildman–Crippen LogP) is 3.72. The quantitative estimate of drug-likeness (QED) is 0.733. The van der Waals surface area contributed by atoms with Gasteiger partial charge in [0.2, 0.25) is 0 Å². The van der Waals surface area contributed by atoms with Crippen LogP contribution in [-0.4, -0.2) is 5.54 Å². The van der Waals surface area contributed by atoms with Gasteiger partial charge >= 0.3 is 0 Å². The highest BCUT2D eigenvalue weighted by molar-refractivity contribution is 5.03. The van der Waals surface area contributed by atoms with Crippen molar-refractivity contribution in [3.63, 3.8) is 0 Å². The van der Waals surface area contributed by atoms with Crippen molar-refractivity contribution >= 4 is 0 Å². The van der Waals surface area contributed by atoms with E-state index in [9.17, 15) is 0 Å². The van der Waals surface area contributed by atoms with Gasteiger partial charge in [-0.25, -0.2) is 0 Å². The van der Waals surface area contributed by atoms with Gasteiger partial charge in [-0.1, -0.05) is 53.4 Å². The van der Waals surface area contributed by atoms with E-state index in [1.54, 1.807) is 0 Å². The first kappa shape index (κ1) is 12.0. The van der Waals surface area contributed by atoms with E-state index in [-0.39, 0.29) is 5.54 Å². The lowest BCUT2D eigenvalue weighted by atomic mass is 9.57. The third kappa shape index (κ3) is 1.84. The van der Waals surface area contributed by atoms with Crippen LogP contribution in [0.3, 0.4) is 0 Å². The van der Waals surface area contributed by atoms with Crippen LogP contribution in [0, 0.1) is 11.3 Å². The Bertz CT molecular complexity index is 182. The van der Waals surface area contributed by atoms with Gasteiger partial charge in [-0.3, -0.25) is 0 Å². The molecule has 84 valence electrons. The highest BCUT2D eigenvalue weighted by atomic mass is 14.8. The van der Waals surface area contributed by atoms with Gasteiger partial charge in [0.15, 0.2) is 0 Å². The molecule has 14 heavy (non-hydrogen) atoms. The molecule has 0 aromatic carbocycles. The van der Waals surface area contributed by atoms with E-state index < -0.39 is 0 Å². The fourth-order valence-electron chi connectivity index (χ4n) is 3.33. The van der Waals surface area contributed by atoms with E-state index in [1.165, 1.54) is 38.5 Å². The van der Waals surface area contributed by atoms with Crippen molar-refractivity contribution < 1.29 is 0 Å². The summed E-state index contributed by atoms with van der Waals surface area (Å²) in [5.41, 5.74) is 7.13. The van der Waals surface area contributed by atoms with Crippen LogP contribution in [0.5, 0.6) is 0 Å². The first-order valence-electron chi connectivity index (χ1n) is 6.27. The van der Waals surface area contributed by atoms with Crippen LogP contribution < -0.4 is 5.73 Å². The summed E-state index contributed by atoms with van der Waals surface area (Å²) in [5, 5.41) is 0. The average Bonchev–Trinajstić information content (AvgIpc) is 2.12. The molecule has 0 amide bonds. The van der Waals surface area contributed by atoms with Gasteiger partial charge in [0.1, 0.15) is 0 Å². The molecular formula is C13H27N. The minimum absolute atomic E-state index is 0.0920. The van der Waals surface area contributed by atoms with Gasteiger partial charge in [0.05, 0.1) is 0 Å². The van der Waals surface area contributed by atoms with Gasteiger partial charge in [-0.05, 0) is 24.2 Å². The summed E-state index contributed by atoms with van der Waals surface area (Å²) >= 11 is 0. The lowest BCUT2D eigenvalue weighted by Crippen LogP contribution is -2.59. The predicted molar refractivity (Wildman–Crippen MR) is 63.2 cm³/mol. The highest BCUT2D eigenvalue weighted by Crippen LogP contribution is 2.47. The smallest absolute Gasteiger partial charge is 0.0234 e. The summed E-state index contributed by atoms with van der Waals surface area (Å²) < 4.78 is 0. The van der Waals surface area contributed by atoms with Gasteiger partial charge < -0.3 is 5.73 Å². The molecule has 0 aromatic rings. The molecule has 0 aromatic heterocycles. The standard InChI is InChI=1S/C13H27N/c1-5-11(6-2)13(14)10-8-7-9-12(13,3)4/h11H,5-10,14H2,1-4H3. The van der Waals surface area contributed by atoms with Crippen molar-refractivity contribution in [3.8, 4) is 0 Å². The maximum absolute atomic E-state index is 6.70. The fourth-order valence-corrected chi connectivity index (χ4v) is 3.33. The van der Waals surface area contributed by atoms with Crippen molar-refractivity contribution in [3.05, 3.63) is 0 Å². The fraction of sp³-hybridized carbons (Fsp3) is 1.00. The Hall–Kier alpha value is -0.0400. The van der Waals surface area contributed by atoms with E-state index in [0.717, 1.165) is 0 Å². The van der Waals surface area contributed by atoms with Crippen molar-refractivity contribution in [2.45, 2.75) is 71.8 Å². The molecule has 0 aliphatic heterocycles. The molecule has 1 fully saturated rings. The molecule has 0 heterocycles. The summed E-state index contributed by atoms with van der Waals surface area (Å²) in [6, 6.07) is 0. The van der Waals surface area contributed by atoms with Crippen molar-refractivity contribution in [2.75, 3.05) is 0 Å². The summed E-state index contributed by atoms with van der Waals surface area (Å²) in [5.74, 6) is 0.706. The second kappa shape index (κ2) is 4.22. The number of rotatable bonds is 3. The molecule has 1 unspecified atom stereocenters. The molecule has 1 saturated carbocycles. The van der Waals surface area contributed by atoms with Gasteiger partial charge in [-0.2, -0.15) is 0 Å². The van der Waals surface area contributed by atoms with Gasteiger partial charge in [0, 0.05) is 5.54 Å². The molecule has 1 nitrogen and oxygen atoms in total. The number of hydrogen-bond acceptors (Lipinski definition) is 1. The third-order valence-corrected chi connectivity index (χ3v) is 4.62. The Morgan fingerprint density at radius 1 is 1.07 bits per heavy atom. The molecule has 0 radical (unpaired) electrons. The molecule has 1 aliphatic rings. The van der Waals surface area contributed by atoms with E-state index in [1.807, 2.05) is 0 Å². The monoisotopic (exact) mass is 197 g/mol. The molecule has 0 saturated heterocycles. The molecule has 0 spiro atoms. The Morgan fingerprint density at radius 2 is 1.57 bits per heavy atom. The van der Waals surface area contributed by atoms with Crippen molar-refractivity contribution in [2.24, 2.45) is 17.1 Å². The van der Waals surface area contributed by atoms with E-state index >= 15 is 0 Å². The summed E-state index contributed by atoms with van der Waals surface area (Å²) in [6.07, 6.45) is 7.70. The maximum Gasteiger partial charge on any atom is 0.0234 e. The van der Waals surface area contributed by atoms with Crippen LogP contribution in [0.25, 0.3) is 0 Å². The van der Waals surface area contributed by atoms with Crippen LogP contribution in [0.2, 0.25) is 0 Å². The molecule has 1 atom stereocenters.